The van der Waals surface area contributed by atoms with Gasteiger partial charge in [-0.3, -0.25) is 9.48 Å². The van der Waals surface area contributed by atoms with Crippen molar-refractivity contribution in [2.75, 3.05) is 18.5 Å². The van der Waals surface area contributed by atoms with Gasteiger partial charge in [-0.05, 0) is 19.3 Å². The van der Waals surface area contributed by atoms with E-state index in [9.17, 15) is 4.79 Å². The monoisotopic (exact) mass is 492 g/mol. The van der Waals surface area contributed by atoms with Gasteiger partial charge >= 0.3 is 0 Å². The molecule has 0 radical (unpaired) electrons. The number of amides is 1. The van der Waals surface area contributed by atoms with E-state index in [1.165, 1.54) is 11.3 Å². The molecule has 35 heavy (non-hydrogen) atoms. The number of fused-ring (bicyclic) bond motifs is 1. The molecule has 0 bridgehead atoms. The summed E-state index contributed by atoms with van der Waals surface area (Å²) in [6, 6.07) is 0.400. The molecule has 3 N–H and O–H groups in total. The first-order valence-corrected chi connectivity index (χ1v) is 11.5. The highest BCUT2D eigenvalue weighted by molar-refractivity contribution is 7.13. The fourth-order valence-corrected chi connectivity index (χ4v) is 3.80. The largest absolute Gasteiger partial charge is 0.381 e. The van der Waals surface area contributed by atoms with Crippen molar-refractivity contribution in [2.45, 2.75) is 25.3 Å². The second-order valence-corrected chi connectivity index (χ2v) is 8.02. The Morgan fingerprint density at radius 1 is 1.17 bits per heavy atom. The zero-order chi connectivity index (χ0) is 25.6. The Balaban J connectivity index is 0.000000303. The molecule has 0 unspecified atom stereocenters. The number of imidazole rings is 1. The van der Waals surface area contributed by atoms with Crippen molar-refractivity contribution in [1.82, 2.24) is 29.1 Å². The Labute approximate surface area is 208 Å². The molecule has 1 aliphatic rings. The number of nitrogens with two attached hydrogens (primary N) is 1. The smallest absolute Gasteiger partial charge is 0.275 e. The summed E-state index contributed by atoms with van der Waals surface area (Å²) in [7, 11) is 1.79. The summed E-state index contributed by atoms with van der Waals surface area (Å²) >= 11 is 1.37. The molecular formula is C24H28N8O2S. The molecule has 4 aromatic rings. The molecule has 1 aliphatic heterocycles. The van der Waals surface area contributed by atoms with Gasteiger partial charge in [-0.25, -0.2) is 15.0 Å². The van der Waals surface area contributed by atoms with Crippen molar-refractivity contribution in [3.63, 3.8) is 0 Å². The van der Waals surface area contributed by atoms with Crippen molar-refractivity contribution in [3.05, 3.63) is 48.3 Å². The predicted octanol–water partition coefficient (Wildman–Crippen LogP) is 2.85. The van der Waals surface area contributed by atoms with Crippen LogP contribution in [0, 0.1) is 25.7 Å². The zero-order valence-electron chi connectivity index (χ0n) is 19.4. The van der Waals surface area contributed by atoms with Crippen LogP contribution in [-0.2, 0) is 11.8 Å². The number of hydrogen-bond acceptors (Lipinski definition) is 8. The summed E-state index contributed by atoms with van der Waals surface area (Å²) in [4.78, 5) is 25.0. The average Bonchev–Trinajstić information content (AvgIpc) is 3.61. The van der Waals surface area contributed by atoms with E-state index in [0.29, 0.717) is 28.1 Å². The molecular weight excluding hydrogens is 464 g/mol. The van der Waals surface area contributed by atoms with Gasteiger partial charge in [0.1, 0.15) is 16.4 Å². The summed E-state index contributed by atoms with van der Waals surface area (Å²) in [6.45, 7) is 1.77. The lowest BCUT2D eigenvalue weighted by molar-refractivity contribution is 0.102. The summed E-state index contributed by atoms with van der Waals surface area (Å²) in [5.74, 6) is -0.274. The first-order valence-electron chi connectivity index (χ1n) is 10.6. The van der Waals surface area contributed by atoms with E-state index >= 15 is 0 Å². The third kappa shape index (κ3) is 8.05. The maximum atomic E-state index is 12.2. The molecule has 1 atom stereocenters. The molecule has 1 amide bonds. The van der Waals surface area contributed by atoms with Crippen LogP contribution in [0.3, 0.4) is 0 Å². The molecule has 10 nitrogen and oxygen atoms in total. The Morgan fingerprint density at radius 2 is 1.97 bits per heavy atom. The van der Waals surface area contributed by atoms with Gasteiger partial charge in [0.2, 0.25) is 0 Å². The van der Waals surface area contributed by atoms with Crippen LogP contribution < -0.4 is 11.1 Å². The highest BCUT2D eigenvalue weighted by Crippen LogP contribution is 2.22. The standard InChI is InChI=1S/C14H11N7OS.C6H13NO.2C2H2/c1-20-6-9(4-17-20)18-13(22)11-8-23-14(19-11)10-7-21-3-2-15-12(21)5-16-10;7-6-2-1-4-8-5-3-6;2*1-2/h2-8H,1H3,(H,18,22);6H,1-5,7H2;2*1-2H/t;6-;;/m.1../s1. The van der Waals surface area contributed by atoms with Crippen LogP contribution in [0.2, 0.25) is 0 Å². The van der Waals surface area contributed by atoms with Crippen molar-refractivity contribution in [3.8, 4) is 36.4 Å². The third-order valence-corrected chi connectivity index (χ3v) is 5.56. The van der Waals surface area contributed by atoms with Gasteiger partial charge in [0.15, 0.2) is 5.65 Å². The van der Waals surface area contributed by atoms with E-state index in [1.54, 1.807) is 41.9 Å². The molecule has 0 spiro atoms. The SMILES string of the molecule is C#C.C#C.Cn1cc(NC(=O)c2csc(-c3cn4ccnc4cn3)n2)cn1.N[C@@H]1CCCOCC1. The molecule has 4 aromatic heterocycles. The van der Waals surface area contributed by atoms with Crippen LogP contribution in [0.5, 0.6) is 0 Å². The number of carbonyl (C=O) groups is 1. The van der Waals surface area contributed by atoms with E-state index < -0.39 is 0 Å². The van der Waals surface area contributed by atoms with Gasteiger partial charge in [-0.15, -0.1) is 37.0 Å². The van der Waals surface area contributed by atoms with Crippen LogP contribution in [0.15, 0.2) is 42.6 Å². The number of aryl methyl sites for hydroxylation is 1. The lowest BCUT2D eigenvalue weighted by atomic mass is 10.1. The summed E-state index contributed by atoms with van der Waals surface area (Å²) < 4.78 is 8.66. The topological polar surface area (TPSA) is 125 Å². The maximum absolute atomic E-state index is 12.2. The van der Waals surface area contributed by atoms with Crippen molar-refractivity contribution in [2.24, 2.45) is 12.8 Å². The van der Waals surface area contributed by atoms with Gasteiger partial charge in [0.05, 0.1) is 18.1 Å². The molecule has 0 aliphatic carbocycles. The first-order chi connectivity index (χ1) is 17.1. The van der Waals surface area contributed by atoms with E-state index in [2.05, 4.69) is 51.1 Å². The van der Waals surface area contributed by atoms with Gasteiger partial charge in [-0.2, -0.15) is 5.10 Å². The Bertz CT molecular complexity index is 1230. The summed E-state index contributed by atoms with van der Waals surface area (Å²) in [5.41, 5.74) is 8.09. The molecule has 11 heteroatoms. The number of terminal acetylenes is 2. The Kier molecular flexibility index (Phi) is 11.1. The summed E-state index contributed by atoms with van der Waals surface area (Å²) in [6.07, 6.45) is 29.7. The van der Waals surface area contributed by atoms with Crippen LogP contribution in [0.25, 0.3) is 16.3 Å². The zero-order valence-corrected chi connectivity index (χ0v) is 20.3. The highest BCUT2D eigenvalue weighted by Gasteiger charge is 2.14. The lowest BCUT2D eigenvalue weighted by Gasteiger charge is -2.02. The van der Waals surface area contributed by atoms with Gasteiger partial charge in [0.25, 0.3) is 5.91 Å². The minimum Gasteiger partial charge on any atom is -0.381 e. The number of aromatic nitrogens is 6. The van der Waals surface area contributed by atoms with Crippen molar-refractivity contribution < 1.29 is 9.53 Å². The number of anilines is 1. The average molecular weight is 493 g/mol. The fraction of sp³-hybridized carbons (Fsp3) is 0.292. The fourth-order valence-electron chi connectivity index (χ4n) is 3.04. The van der Waals surface area contributed by atoms with Gasteiger partial charge in [-0.1, -0.05) is 0 Å². The molecule has 182 valence electrons. The Hall–Kier alpha value is -4.03. The van der Waals surface area contributed by atoms with Crippen LogP contribution in [-0.4, -0.2) is 54.3 Å². The first kappa shape index (κ1) is 27.2. The minimum atomic E-state index is -0.274. The molecule has 1 fully saturated rings. The Morgan fingerprint density at radius 3 is 2.71 bits per heavy atom. The number of nitrogens with one attached hydrogen (secondary N) is 1. The maximum Gasteiger partial charge on any atom is 0.275 e. The van der Waals surface area contributed by atoms with E-state index in [-0.39, 0.29) is 5.91 Å². The van der Waals surface area contributed by atoms with E-state index in [4.69, 9.17) is 10.5 Å². The number of nitrogens with zero attached hydrogens (tertiary/aromatic N) is 6. The number of hydrogen-bond donors (Lipinski definition) is 2. The van der Waals surface area contributed by atoms with Crippen LogP contribution in [0.4, 0.5) is 5.69 Å². The number of thiazole rings is 1. The normalized spacial score (nSPS) is 14.6. The molecule has 0 aromatic carbocycles. The number of rotatable bonds is 3. The van der Waals surface area contributed by atoms with Crippen molar-refractivity contribution in [1.29, 1.82) is 0 Å². The predicted molar refractivity (Wildman–Crippen MR) is 138 cm³/mol. The molecule has 0 saturated carbocycles. The quantitative estimate of drug-likeness (QED) is 0.421. The molecule has 1 saturated heterocycles. The van der Waals surface area contributed by atoms with E-state index in [1.807, 2.05) is 16.8 Å². The highest BCUT2D eigenvalue weighted by atomic mass is 32.1. The number of carbonyl (C=O) groups excluding carboxylic acids is 1. The van der Waals surface area contributed by atoms with E-state index in [0.717, 1.165) is 38.1 Å². The van der Waals surface area contributed by atoms with Crippen LogP contribution in [0.1, 0.15) is 29.8 Å². The third-order valence-electron chi connectivity index (χ3n) is 4.69. The molecule has 5 rings (SSSR count). The minimum absolute atomic E-state index is 0.274. The lowest BCUT2D eigenvalue weighted by Crippen LogP contribution is -2.19. The second-order valence-electron chi connectivity index (χ2n) is 7.16. The second kappa shape index (κ2) is 14.3. The van der Waals surface area contributed by atoms with Crippen molar-refractivity contribution >= 4 is 28.6 Å². The molecule has 5 heterocycles. The number of ether oxygens (including phenoxy) is 1. The van der Waals surface area contributed by atoms with Crippen LogP contribution >= 0.6 is 11.3 Å². The summed E-state index contributed by atoms with van der Waals surface area (Å²) in [5, 5.41) is 9.15. The van der Waals surface area contributed by atoms with Gasteiger partial charge in [0, 0.05) is 56.5 Å². The van der Waals surface area contributed by atoms with Gasteiger partial charge < -0.3 is 20.2 Å².